The highest BCUT2D eigenvalue weighted by Crippen LogP contribution is 2.05. The van der Waals surface area contributed by atoms with Crippen LogP contribution in [0.4, 0.5) is 10.3 Å². The number of anilines is 1. The molecular weight excluding hydrogens is 305 g/mol. The molecule has 0 fully saturated rings. The van der Waals surface area contributed by atoms with E-state index in [0.717, 1.165) is 18.5 Å². The van der Waals surface area contributed by atoms with Crippen molar-refractivity contribution in [1.29, 1.82) is 0 Å². The summed E-state index contributed by atoms with van der Waals surface area (Å²) in [6.07, 6.45) is 2.46. The third kappa shape index (κ3) is 5.38. The maximum atomic E-state index is 12.8. The van der Waals surface area contributed by atoms with Crippen LogP contribution in [0.3, 0.4) is 0 Å². The molecule has 0 radical (unpaired) electrons. The summed E-state index contributed by atoms with van der Waals surface area (Å²) in [5.41, 5.74) is 0.943. The van der Waals surface area contributed by atoms with E-state index < -0.39 is 0 Å². The average Bonchev–Trinajstić information content (AvgIpc) is 2.93. The Labute approximate surface area is 133 Å². The fourth-order valence-electron chi connectivity index (χ4n) is 1.77. The lowest BCUT2D eigenvalue weighted by Crippen LogP contribution is -2.30. The molecule has 118 valence electrons. The molecule has 0 unspecified atom stereocenters. The molecule has 0 spiro atoms. The molecule has 22 heavy (non-hydrogen) atoms. The van der Waals surface area contributed by atoms with E-state index in [4.69, 9.17) is 17.0 Å². The first-order valence-corrected chi connectivity index (χ1v) is 7.26. The minimum atomic E-state index is -0.255. The molecule has 2 aromatic rings. The molecule has 2 N–H and O–H groups in total. The fraction of sp³-hybridized carbons (Fsp3) is 0.357. The summed E-state index contributed by atoms with van der Waals surface area (Å²) in [4.78, 5) is 4.13. The second-order valence-corrected chi connectivity index (χ2v) is 5.03. The van der Waals surface area contributed by atoms with Crippen molar-refractivity contribution >= 4 is 23.3 Å². The molecule has 1 heterocycles. The van der Waals surface area contributed by atoms with Crippen molar-refractivity contribution < 1.29 is 9.13 Å². The van der Waals surface area contributed by atoms with E-state index in [1.807, 2.05) is 0 Å². The van der Waals surface area contributed by atoms with Crippen molar-refractivity contribution in [3.8, 4) is 0 Å². The Morgan fingerprint density at radius 1 is 1.36 bits per heavy atom. The van der Waals surface area contributed by atoms with Gasteiger partial charge in [-0.05, 0) is 36.3 Å². The molecule has 0 saturated heterocycles. The smallest absolute Gasteiger partial charge is 0.248 e. The van der Waals surface area contributed by atoms with Crippen molar-refractivity contribution in [1.82, 2.24) is 20.1 Å². The van der Waals surface area contributed by atoms with Crippen molar-refractivity contribution in [2.75, 3.05) is 25.6 Å². The zero-order chi connectivity index (χ0) is 15.8. The molecule has 1 aromatic carbocycles. The third-order valence-corrected chi connectivity index (χ3v) is 3.08. The van der Waals surface area contributed by atoms with Crippen LogP contribution in [0.5, 0.6) is 0 Å². The second-order valence-electron chi connectivity index (χ2n) is 4.62. The van der Waals surface area contributed by atoms with E-state index in [1.54, 1.807) is 30.3 Å². The number of methoxy groups -OCH3 is 1. The molecule has 0 aliphatic heterocycles. The first-order valence-electron chi connectivity index (χ1n) is 6.85. The van der Waals surface area contributed by atoms with Crippen molar-refractivity contribution in [2.45, 2.75) is 13.0 Å². The first-order chi connectivity index (χ1) is 10.7. The van der Waals surface area contributed by atoms with Crippen LogP contribution in [0.1, 0.15) is 12.0 Å². The number of aromatic nitrogens is 3. The molecule has 0 bridgehead atoms. The number of nitrogens with zero attached hydrogens (tertiary/aromatic N) is 3. The number of hydrogen-bond donors (Lipinski definition) is 2. The zero-order valence-electron chi connectivity index (χ0n) is 12.3. The maximum absolute atomic E-state index is 12.8. The van der Waals surface area contributed by atoms with Gasteiger partial charge in [0.1, 0.15) is 12.1 Å². The molecule has 0 aliphatic rings. The van der Waals surface area contributed by atoms with Gasteiger partial charge in [-0.2, -0.15) is 0 Å². The summed E-state index contributed by atoms with van der Waals surface area (Å²) in [7, 11) is 1.66. The van der Waals surface area contributed by atoms with Gasteiger partial charge < -0.3 is 10.1 Å². The Bertz CT molecular complexity index is 602. The van der Waals surface area contributed by atoms with E-state index in [1.165, 1.54) is 12.1 Å². The minimum Gasteiger partial charge on any atom is -0.385 e. The summed E-state index contributed by atoms with van der Waals surface area (Å²) in [6.45, 7) is 1.92. The van der Waals surface area contributed by atoms with E-state index in [-0.39, 0.29) is 5.82 Å². The molecule has 0 aliphatic carbocycles. The first kappa shape index (κ1) is 16.3. The Kier molecular flexibility index (Phi) is 6.23. The van der Waals surface area contributed by atoms with Gasteiger partial charge in [-0.1, -0.05) is 12.1 Å². The lowest BCUT2D eigenvalue weighted by atomic mass is 10.2. The topological polar surface area (TPSA) is 64.0 Å². The maximum Gasteiger partial charge on any atom is 0.248 e. The predicted molar refractivity (Wildman–Crippen MR) is 86.2 cm³/mol. The van der Waals surface area contributed by atoms with Gasteiger partial charge in [-0.25, -0.2) is 14.1 Å². The second kappa shape index (κ2) is 8.40. The van der Waals surface area contributed by atoms with E-state index >= 15 is 0 Å². The largest absolute Gasteiger partial charge is 0.385 e. The number of benzene rings is 1. The molecule has 2 rings (SSSR count). The number of rotatable bonds is 7. The monoisotopic (exact) mass is 323 g/mol. The third-order valence-electron chi connectivity index (χ3n) is 2.83. The lowest BCUT2D eigenvalue weighted by molar-refractivity contribution is 0.196. The Morgan fingerprint density at radius 2 is 2.14 bits per heavy atom. The van der Waals surface area contributed by atoms with Gasteiger partial charge in [0.15, 0.2) is 5.11 Å². The minimum absolute atomic E-state index is 0.255. The Morgan fingerprint density at radius 3 is 2.86 bits per heavy atom. The van der Waals surface area contributed by atoms with Crippen LogP contribution in [0.2, 0.25) is 0 Å². The summed E-state index contributed by atoms with van der Waals surface area (Å²) in [6, 6.07) is 6.27. The summed E-state index contributed by atoms with van der Waals surface area (Å²) in [5.74, 6) is 0.168. The molecular formula is C14H18FN5OS. The van der Waals surface area contributed by atoms with Crippen LogP contribution < -0.4 is 10.6 Å². The number of hydrogen-bond acceptors (Lipinski definition) is 4. The molecule has 6 nitrogen and oxygen atoms in total. The zero-order valence-corrected chi connectivity index (χ0v) is 13.1. The van der Waals surface area contributed by atoms with Gasteiger partial charge >= 0.3 is 0 Å². The fourth-order valence-corrected chi connectivity index (χ4v) is 1.96. The van der Waals surface area contributed by atoms with Gasteiger partial charge in [0.2, 0.25) is 5.95 Å². The van der Waals surface area contributed by atoms with E-state index in [9.17, 15) is 4.39 Å². The van der Waals surface area contributed by atoms with Gasteiger partial charge in [-0.15, -0.1) is 5.10 Å². The molecule has 0 amide bonds. The van der Waals surface area contributed by atoms with Gasteiger partial charge in [0, 0.05) is 20.3 Å². The van der Waals surface area contributed by atoms with Crippen LogP contribution in [0.25, 0.3) is 0 Å². The highest BCUT2D eigenvalue weighted by atomic mass is 32.1. The summed E-state index contributed by atoms with van der Waals surface area (Å²) >= 11 is 5.14. The quantitative estimate of drug-likeness (QED) is 0.598. The van der Waals surface area contributed by atoms with Crippen molar-refractivity contribution in [2.24, 2.45) is 0 Å². The van der Waals surface area contributed by atoms with Crippen molar-refractivity contribution in [3.63, 3.8) is 0 Å². The van der Waals surface area contributed by atoms with Crippen LogP contribution >= 0.6 is 12.2 Å². The normalized spacial score (nSPS) is 10.5. The molecule has 1 aromatic heterocycles. The molecule has 0 saturated carbocycles. The van der Waals surface area contributed by atoms with Gasteiger partial charge in [0.05, 0.1) is 6.54 Å². The average molecular weight is 323 g/mol. The number of halogens is 1. The summed E-state index contributed by atoms with van der Waals surface area (Å²) in [5, 5.41) is 10.7. The SMILES string of the molecule is COCCCNC(=S)Nc1ncn(Cc2ccc(F)cc2)n1. The standard InChI is InChI=1S/C14H18FN5OS/c1-21-8-2-7-16-14(22)18-13-17-10-20(19-13)9-11-3-5-12(15)6-4-11/h3-6,10H,2,7-9H2,1H3,(H2,16,18,19,22). The van der Waals surface area contributed by atoms with Gasteiger partial charge in [-0.3, -0.25) is 5.32 Å². The Hall–Kier alpha value is -2.06. The number of ether oxygens (including phenoxy) is 1. The van der Waals surface area contributed by atoms with Gasteiger partial charge in [0.25, 0.3) is 0 Å². The predicted octanol–water partition coefficient (Wildman–Crippen LogP) is 1.79. The summed E-state index contributed by atoms with van der Waals surface area (Å²) < 4.78 is 19.5. The Balaban J connectivity index is 1.80. The highest BCUT2D eigenvalue weighted by Gasteiger charge is 2.04. The van der Waals surface area contributed by atoms with E-state index in [0.29, 0.717) is 24.2 Å². The van der Waals surface area contributed by atoms with Crippen LogP contribution in [0.15, 0.2) is 30.6 Å². The molecule has 0 atom stereocenters. The molecule has 8 heteroatoms. The number of nitrogens with one attached hydrogen (secondary N) is 2. The lowest BCUT2D eigenvalue weighted by Gasteiger charge is -2.07. The van der Waals surface area contributed by atoms with E-state index in [2.05, 4.69) is 20.7 Å². The van der Waals surface area contributed by atoms with Crippen molar-refractivity contribution in [3.05, 3.63) is 42.0 Å². The van der Waals surface area contributed by atoms with Crippen LogP contribution in [0, 0.1) is 5.82 Å². The number of thiocarbonyl (C=S) groups is 1. The highest BCUT2D eigenvalue weighted by molar-refractivity contribution is 7.80. The van der Waals surface area contributed by atoms with Crippen LogP contribution in [-0.4, -0.2) is 40.1 Å². The van der Waals surface area contributed by atoms with Crippen LogP contribution in [-0.2, 0) is 11.3 Å².